The van der Waals surface area contributed by atoms with E-state index in [9.17, 15) is 0 Å². The van der Waals surface area contributed by atoms with Crippen LogP contribution < -0.4 is 5.32 Å². The molecular formula is C14H27N. The molecule has 1 N–H and O–H groups in total. The normalized spacial score (nSPS) is 27.8. The van der Waals surface area contributed by atoms with Gasteiger partial charge in [-0.3, -0.25) is 0 Å². The molecule has 1 nitrogen and oxygen atoms in total. The van der Waals surface area contributed by atoms with E-state index in [1.54, 1.807) is 0 Å². The minimum Gasteiger partial charge on any atom is -0.319 e. The molecule has 2 saturated carbocycles. The van der Waals surface area contributed by atoms with Crippen LogP contribution in [0.5, 0.6) is 0 Å². The first-order valence-corrected chi connectivity index (χ1v) is 7.02. The molecule has 0 saturated heterocycles. The molecule has 0 unspecified atom stereocenters. The molecule has 0 atom stereocenters. The summed E-state index contributed by atoms with van der Waals surface area (Å²) in [5.41, 5.74) is 0.688. The van der Waals surface area contributed by atoms with Crippen molar-refractivity contribution in [1.82, 2.24) is 5.32 Å². The van der Waals surface area contributed by atoms with Crippen LogP contribution in [-0.2, 0) is 0 Å². The molecule has 0 heterocycles. The lowest BCUT2D eigenvalue weighted by Gasteiger charge is -2.45. The fourth-order valence-corrected chi connectivity index (χ4v) is 4.05. The maximum atomic E-state index is 3.48. The third kappa shape index (κ3) is 2.55. The smallest absolute Gasteiger partial charge is 0.000746 e. The Bertz CT molecular complexity index is 170. The predicted octanol–water partition coefficient (Wildman–Crippen LogP) is 3.74. The zero-order valence-corrected chi connectivity index (χ0v) is 10.4. The van der Waals surface area contributed by atoms with E-state index in [0.717, 1.165) is 5.92 Å². The van der Waals surface area contributed by atoms with Gasteiger partial charge in [0.2, 0.25) is 0 Å². The molecule has 0 aromatic carbocycles. The Hall–Kier alpha value is -0.0400. The molecule has 0 radical (unpaired) electrons. The van der Waals surface area contributed by atoms with Gasteiger partial charge in [-0.15, -0.1) is 0 Å². The molecular weight excluding hydrogens is 182 g/mol. The highest BCUT2D eigenvalue weighted by Gasteiger charge is 2.39. The summed E-state index contributed by atoms with van der Waals surface area (Å²) in [4.78, 5) is 0. The van der Waals surface area contributed by atoms with Gasteiger partial charge in [-0.2, -0.15) is 0 Å². The predicted molar refractivity (Wildman–Crippen MR) is 66.0 cm³/mol. The first kappa shape index (κ1) is 11.4. The molecule has 2 aliphatic carbocycles. The quantitative estimate of drug-likeness (QED) is 0.746. The summed E-state index contributed by atoms with van der Waals surface area (Å²) in [5.74, 6) is 1.04. The Kier molecular flexibility index (Phi) is 4.07. The SMILES string of the molecule is CNCC1(C2CCCCC2)CCCCC1. The van der Waals surface area contributed by atoms with Crippen LogP contribution in [0.15, 0.2) is 0 Å². The zero-order chi connectivity index (χ0) is 10.6. The second kappa shape index (κ2) is 5.34. The molecule has 2 fully saturated rings. The second-order valence-corrected chi connectivity index (χ2v) is 5.79. The van der Waals surface area contributed by atoms with Gasteiger partial charge in [-0.25, -0.2) is 0 Å². The molecule has 2 rings (SSSR count). The van der Waals surface area contributed by atoms with Crippen LogP contribution in [0.2, 0.25) is 0 Å². The molecule has 0 aromatic heterocycles. The Morgan fingerprint density at radius 3 is 2.13 bits per heavy atom. The molecule has 0 amide bonds. The van der Waals surface area contributed by atoms with Crippen molar-refractivity contribution in [3.05, 3.63) is 0 Å². The number of hydrogen-bond acceptors (Lipinski definition) is 1. The summed E-state index contributed by atoms with van der Waals surface area (Å²) >= 11 is 0. The van der Waals surface area contributed by atoms with E-state index in [1.165, 1.54) is 70.8 Å². The van der Waals surface area contributed by atoms with Crippen molar-refractivity contribution in [3.63, 3.8) is 0 Å². The maximum Gasteiger partial charge on any atom is 0.000746 e. The Morgan fingerprint density at radius 1 is 0.933 bits per heavy atom. The third-order valence-corrected chi connectivity index (χ3v) is 4.85. The second-order valence-electron chi connectivity index (χ2n) is 5.79. The fraction of sp³-hybridized carbons (Fsp3) is 1.00. The highest BCUT2D eigenvalue weighted by atomic mass is 14.8. The van der Waals surface area contributed by atoms with Crippen LogP contribution in [0, 0.1) is 11.3 Å². The van der Waals surface area contributed by atoms with Crippen LogP contribution in [-0.4, -0.2) is 13.6 Å². The minimum atomic E-state index is 0.688. The first-order chi connectivity index (χ1) is 7.37. The highest BCUT2D eigenvalue weighted by Crippen LogP contribution is 2.47. The molecule has 88 valence electrons. The fourth-order valence-electron chi connectivity index (χ4n) is 4.05. The molecule has 0 aliphatic heterocycles. The van der Waals surface area contributed by atoms with Crippen LogP contribution in [0.25, 0.3) is 0 Å². The van der Waals surface area contributed by atoms with Crippen molar-refractivity contribution in [2.24, 2.45) is 11.3 Å². The number of rotatable bonds is 3. The van der Waals surface area contributed by atoms with E-state index in [4.69, 9.17) is 0 Å². The van der Waals surface area contributed by atoms with Gasteiger partial charge < -0.3 is 5.32 Å². The largest absolute Gasteiger partial charge is 0.319 e. The van der Waals surface area contributed by atoms with E-state index in [2.05, 4.69) is 12.4 Å². The minimum absolute atomic E-state index is 0.688. The van der Waals surface area contributed by atoms with Crippen molar-refractivity contribution < 1.29 is 0 Å². The Labute approximate surface area is 95.0 Å². The van der Waals surface area contributed by atoms with Gasteiger partial charge in [-0.05, 0) is 44.1 Å². The molecule has 2 aliphatic rings. The summed E-state index contributed by atoms with van der Waals surface area (Å²) in [7, 11) is 2.14. The van der Waals surface area contributed by atoms with Crippen LogP contribution >= 0.6 is 0 Å². The molecule has 0 aromatic rings. The lowest BCUT2D eigenvalue weighted by Crippen LogP contribution is -2.41. The van der Waals surface area contributed by atoms with Crippen molar-refractivity contribution in [3.8, 4) is 0 Å². The van der Waals surface area contributed by atoms with E-state index in [1.807, 2.05) is 0 Å². The van der Waals surface area contributed by atoms with E-state index >= 15 is 0 Å². The average Bonchev–Trinajstić information content (AvgIpc) is 2.32. The number of hydrogen-bond donors (Lipinski definition) is 1. The van der Waals surface area contributed by atoms with Crippen molar-refractivity contribution in [2.75, 3.05) is 13.6 Å². The third-order valence-electron chi connectivity index (χ3n) is 4.85. The van der Waals surface area contributed by atoms with E-state index < -0.39 is 0 Å². The summed E-state index contributed by atoms with van der Waals surface area (Å²) in [5, 5.41) is 3.48. The molecule has 15 heavy (non-hydrogen) atoms. The standard InChI is InChI=1S/C14H27N/c1-15-12-14(10-6-3-7-11-14)13-8-4-2-5-9-13/h13,15H,2-12H2,1H3. The van der Waals surface area contributed by atoms with E-state index in [0.29, 0.717) is 5.41 Å². The lowest BCUT2D eigenvalue weighted by atomic mass is 9.61. The van der Waals surface area contributed by atoms with Gasteiger partial charge in [0.25, 0.3) is 0 Å². The molecule has 0 bridgehead atoms. The van der Waals surface area contributed by atoms with Crippen molar-refractivity contribution >= 4 is 0 Å². The Balaban J connectivity index is 2.01. The van der Waals surface area contributed by atoms with Gasteiger partial charge in [0.05, 0.1) is 0 Å². The summed E-state index contributed by atoms with van der Waals surface area (Å²) in [6, 6.07) is 0. The van der Waals surface area contributed by atoms with Gasteiger partial charge in [0.15, 0.2) is 0 Å². The lowest BCUT2D eigenvalue weighted by molar-refractivity contribution is 0.0686. The van der Waals surface area contributed by atoms with Gasteiger partial charge in [0, 0.05) is 6.54 Å². The topological polar surface area (TPSA) is 12.0 Å². The summed E-state index contributed by atoms with van der Waals surface area (Å²) < 4.78 is 0. The maximum absolute atomic E-state index is 3.48. The van der Waals surface area contributed by atoms with Crippen LogP contribution in [0.1, 0.15) is 64.2 Å². The van der Waals surface area contributed by atoms with Gasteiger partial charge >= 0.3 is 0 Å². The average molecular weight is 209 g/mol. The van der Waals surface area contributed by atoms with E-state index in [-0.39, 0.29) is 0 Å². The molecule has 0 spiro atoms. The summed E-state index contributed by atoms with van der Waals surface area (Å²) in [6.45, 7) is 1.28. The highest BCUT2D eigenvalue weighted by molar-refractivity contribution is 4.91. The van der Waals surface area contributed by atoms with Crippen molar-refractivity contribution in [2.45, 2.75) is 64.2 Å². The summed E-state index contributed by atoms with van der Waals surface area (Å²) in [6.07, 6.45) is 15.0. The van der Waals surface area contributed by atoms with Gasteiger partial charge in [-0.1, -0.05) is 38.5 Å². The zero-order valence-electron chi connectivity index (χ0n) is 10.4. The molecule has 1 heteroatoms. The monoisotopic (exact) mass is 209 g/mol. The Morgan fingerprint density at radius 2 is 1.53 bits per heavy atom. The van der Waals surface area contributed by atoms with Crippen molar-refractivity contribution in [1.29, 1.82) is 0 Å². The van der Waals surface area contributed by atoms with Crippen LogP contribution in [0.3, 0.4) is 0 Å². The first-order valence-electron chi connectivity index (χ1n) is 7.02. The number of nitrogens with one attached hydrogen (secondary N) is 1. The van der Waals surface area contributed by atoms with Gasteiger partial charge in [0.1, 0.15) is 0 Å². The van der Waals surface area contributed by atoms with Crippen LogP contribution in [0.4, 0.5) is 0 Å².